The molecule has 0 saturated heterocycles. The zero-order valence-electron chi connectivity index (χ0n) is 9.47. The summed E-state index contributed by atoms with van der Waals surface area (Å²) in [6.07, 6.45) is -0.630. The second kappa shape index (κ2) is 5.20. The topological polar surface area (TPSA) is 121 Å². The number of nitrogens with two attached hydrogens (primary N) is 3. The Morgan fingerprint density at radius 2 is 2.00 bits per heavy atom. The number of benzene rings is 1. The highest BCUT2D eigenvalue weighted by Crippen LogP contribution is 2.17. The largest absolute Gasteiger partial charge is 0.449 e. The summed E-state index contributed by atoms with van der Waals surface area (Å²) in [5, 5.41) is 0. The molecule has 6 nitrogen and oxygen atoms in total. The van der Waals surface area contributed by atoms with E-state index in [0.29, 0.717) is 12.1 Å². The summed E-state index contributed by atoms with van der Waals surface area (Å²) in [6.45, 7) is 1.69. The maximum absolute atomic E-state index is 11.7. The fraction of sp³-hybridized carbons (Fsp3) is 0.273. The lowest BCUT2D eigenvalue weighted by Crippen LogP contribution is -2.32. The van der Waals surface area contributed by atoms with Crippen LogP contribution in [-0.4, -0.2) is 18.0 Å². The molecule has 0 radical (unpaired) electrons. The Morgan fingerprint density at radius 3 is 2.47 bits per heavy atom. The lowest BCUT2D eigenvalue weighted by atomic mass is 10.1. The van der Waals surface area contributed by atoms with Gasteiger partial charge in [0, 0.05) is 11.4 Å². The van der Waals surface area contributed by atoms with Gasteiger partial charge >= 0.3 is 5.97 Å². The van der Waals surface area contributed by atoms with Crippen molar-refractivity contribution in [1.29, 1.82) is 0 Å². The van der Waals surface area contributed by atoms with E-state index in [1.807, 2.05) is 0 Å². The van der Waals surface area contributed by atoms with Crippen LogP contribution in [0.3, 0.4) is 0 Å². The van der Waals surface area contributed by atoms with Crippen molar-refractivity contribution in [2.75, 3.05) is 11.5 Å². The van der Waals surface area contributed by atoms with Crippen molar-refractivity contribution in [2.24, 2.45) is 5.73 Å². The van der Waals surface area contributed by atoms with Gasteiger partial charge in [0.25, 0.3) is 5.91 Å². The molecule has 1 unspecified atom stereocenters. The number of esters is 1. The van der Waals surface area contributed by atoms with Gasteiger partial charge in [-0.05, 0) is 24.6 Å². The van der Waals surface area contributed by atoms with E-state index in [9.17, 15) is 9.59 Å². The van der Waals surface area contributed by atoms with Crippen LogP contribution in [0.5, 0.6) is 0 Å². The van der Waals surface area contributed by atoms with Crippen molar-refractivity contribution in [2.45, 2.75) is 19.4 Å². The molecule has 0 spiro atoms. The number of anilines is 2. The van der Waals surface area contributed by atoms with Crippen LogP contribution >= 0.6 is 0 Å². The molecular weight excluding hydrogens is 222 g/mol. The van der Waals surface area contributed by atoms with E-state index in [4.69, 9.17) is 21.9 Å². The highest BCUT2D eigenvalue weighted by molar-refractivity contribution is 5.97. The third-order valence-electron chi connectivity index (χ3n) is 2.23. The molecule has 0 aliphatic carbocycles. The summed E-state index contributed by atoms with van der Waals surface area (Å²) < 4.78 is 4.93. The van der Waals surface area contributed by atoms with E-state index >= 15 is 0 Å². The Hall–Kier alpha value is -2.24. The molecule has 1 amide bonds. The predicted molar refractivity (Wildman–Crippen MR) is 64.0 cm³/mol. The number of nitrogen functional groups attached to an aromatic ring is 2. The van der Waals surface area contributed by atoms with Crippen LogP contribution in [0.1, 0.15) is 23.7 Å². The molecule has 0 fully saturated rings. The SMILES string of the molecule is CCC(OC(=O)c1ccc(N)cc1N)C(N)=O. The van der Waals surface area contributed by atoms with Gasteiger partial charge < -0.3 is 21.9 Å². The molecule has 17 heavy (non-hydrogen) atoms. The third-order valence-corrected chi connectivity index (χ3v) is 2.23. The maximum Gasteiger partial charge on any atom is 0.341 e. The fourth-order valence-electron chi connectivity index (χ4n) is 1.30. The minimum atomic E-state index is -0.945. The summed E-state index contributed by atoms with van der Waals surface area (Å²) in [4.78, 5) is 22.6. The van der Waals surface area contributed by atoms with Crippen LogP contribution in [0.2, 0.25) is 0 Å². The lowest BCUT2D eigenvalue weighted by Gasteiger charge is -2.13. The van der Waals surface area contributed by atoms with Gasteiger partial charge in [0.1, 0.15) is 0 Å². The van der Waals surface area contributed by atoms with Crippen LogP contribution in [0.4, 0.5) is 11.4 Å². The van der Waals surface area contributed by atoms with Crippen LogP contribution in [0.15, 0.2) is 18.2 Å². The molecule has 0 bridgehead atoms. The summed E-state index contributed by atoms with van der Waals surface area (Å²) in [5.74, 6) is -1.37. The Morgan fingerprint density at radius 1 is 1.35 bits per heavy atom. The van der Waals surface area contributed by atoms with Gasteiger partial charge in [0.05, 0.1) is 5.56 Å². The molecule has 1 aromatic rings. The fourth-order valence-corrected chi connectivity index (χ4v) is 1.30. The first-order valence-corrected chi connectivity index (χ1v) is 5.11. The first kappa shape index (κ1) is 12.8. The lowest BCUT2D eigenvalue weighted by molar-refractivity contribution is -0.126. The number of carbonyl (C=O) groups excluding carboxylic acids is 2. The monoisotopic (exact) mass is 237 g/mol. The summed E-state index contributed by atoms with van der Waals surface area (Å²) >= 11 is 0. The third kappa shape index (κ3) is 3.10. The summed E-state index contributed by atoms with van der Waals surface area (Å²) in [6, 6.07) is 4.42. The molecule has 1 aromatic carbocycles. The molecule has 0 aliphatic rings. The zero-order chi connectivity index (χ0) is 13.0. The zero-order valence-corrected chi connectivity index (χ0v) is 9.47. The van der Waals surface area contributed by atoms with Crippen LogP contribution in [0, 0.1) is 0 Å². The van der Waals surface area contributed by atoms with Gasteiger partial charge in [-0.3, -0.25) is 4.79 Å². The molecule has 0 saturated carbocycles. The number of hydrogen-bond acceptors (Lipinski definition) is 5. The molecule has 6 heteroatoms. The number of amides is 1. The van der Waals surface area contributed by atoms with Crippen molar-refractivity contribution < 1.29 is 14.3 Å². The standard InChI is InChI=1S/C11H15N3O3/c1-2-9(10(14)15)17-11(16)7-4-3-6(12)5-8(7)13/h3-5,9H,2,12-13H2,1H3,(H2,14,15). The van der Waals surface area contributed by atoms with E-state index in [1.54, 1.807) is 6.92 Å². The van der Waals surface area contributed by atoms with Crippen molar-refractivity contribution >= 4 is 23.3 Å². The molecule has 0 aromatic heterocycles. The minimum absolute atomic E-state index is 0.166. The molecule has 1 atom stereocenters. The normalized spacial score (nSPS) is 11.8. The molecule has 1 rings (SSSR count). The van der Waals surface area contributed by atoms with Gasteiger partial charge in [-0.2, -0.15) is 0 Å². The van der Waals surface area contributed by atoms with Gasteiger partial charge in [0.2, 0.25) is 0 Å². The smallest absolute Gasteiger partial charge is 0.341 e. The van der Waals surface area contributed by atoms with E-state index in [-0.39, 0.29) is 11.3 Å². The number of hydrogen-bond donors (Lipinski definition) is 3. The highest BCUT2D eigenvalue weighted by atomic mass is 16.5. The van der Waals surface area contributed by atoms with E-state index < -0.39 is 18.0 Å². The van der Waals surface area contributed by atoms with E-state index in [1.165, 1.54) is 18.2 Å². The molecule has 0 heterocycles. The van der Waals surface area contributed by atoms with Gasteiger partial charge in [-0.25, -0.2) is 4.79 Å². The molecule has 92 valence electrons. The second-order valence-corrected chi connectivity index (χ2v) is 3.55. The summed E-state index contributed by atoms with van der Waals surface area (Å²) in [5.41, 5.74) is 17.0. The van der Waals surface area contributed by atoms with Crippen LogP contribution in [-0.2, 0) is 9.53 Å². The Bertz CT molecular complexity index is 446. The van der Waals surface area contributed by atoms with E-state index in [2.05, 4.69) is 0 Å². The molecule has 6 N–H and O–H groups in total. The van der Waals surface area contributed by atoms with Crippen molar-refractivity contribution in [3.8, 4) is 0 Å². The molecule has 0 aliphatic heterocycles. The van der Waals surface area contributed by atoms with Crippen LogP contribution in [0.25, 0.3) is 0 Å². The quantitative estimate of drug-likeness (QED) is 0.512. The van der Waals surface area contributed by atoms with Crippen molar-refractivity contribution in [3.63, 3.8) is 0 Å². The number of carbonyl (C=O) groups is 2. The first-order chi connectivity index (χ1) is 7.95. The average Bonchev–Trinajstić information content (AvgIpc) is 2.24. The number of ether oxygens (including phenoxy) is 1. The Labute approximate surface area is 98.7 Å². The minimum Gasteiger partial charge on any atom is -0.449 e. The second-order valence-electron chi connectivity index (χ2n) is 3.55. The summed E-state index contributed by atoms with van der Waals surface area (Å²) in [7, 11) is 0. The van der Waals surface area contributed by atoms with Gasteiger partial charge in [-0.1, -0.05) is 6.92 Å². The number of rotatable bonds is 4. The Kier molecular flexibility index (Phi) is 3.92. The first-order valence-electron chi connectivity index (χ1n) is 5.11. The van der Waals surface area contributed by atoms with Gasteiger partial charge in [0.15, 0.2) is 6.10 Å². The highest BCUT2D eigenvalue weighted by Gasteiger charge is 2.20. The average molecular weight is 237 g/mol. The van der Waals surface area contributed by atoms with Crippen molar-refractivity contribution in [3.05, 3.63) is 23.8 Å². The predicted octanol–water partition coefficient (Wildman–Crippen LogP) is 0.272. The van der Waals surface area contributed by atoms with E-state index in [0.717, 1.165) is 0 Å². The Balaban J connectivity index is 2.86. The van der Waals surface area contributed by atoms with Gasteiger partial charge in [-0.15, -0.1) is 0 Å². The number of primary amides is 1. The van der Waals surface area contributed by atoms with Crippen LogP contribution < -0.4 is 17.2 Å². The maximum atomic E-state index is 11.7. The van der Waals surface area contributed by atoms with Crippen molar-refractivity contribution in [1.82, 2.24) is 0 Å². The molecular formula is C11H15N3O3.